The number of hydrogen-bond donors (Lipinski definition) is 2. The smallest absolute Gasteiger partial charge is 0.235 e. The Bertz CT molecular complexity index is 1540. The summed E-state index contributed by atoms with van der Waals surface area (Å²) in [6.07, 6.45) is 4.78. The van der Waals surface area contributed by atoms with Crippen molar-refractivity contribution < 1.29 is 13.9 Å². The molecule has 2 fully saturated rings. The number of amides is 1. The summed E-state index contributed by atoms with van der Waals surface area (Å²) in [5.74, 6) is -0.326. The van der Waals surface area contributed by atoms with Crippen LogP contribution in [0.5, 0.6) is 0 Å². The molecule has 1 amide bonds. The molecule has 2 N–H and O–H groups in total. The third kappa shape index (κ3) is 3.86. The first kappa shape index (κ1) is 22.4. The third-order valence-corrected chi connectivity index (χ3v) is 8.02. The average molecular weight is 495 g/mol. The monoisotopic (exact) mass is 494 g/mol. The molecule has 2 aliphatic heterocycles. The second kappa shape index (κ2) is 8.64. The van der Waals surface area contributed by atoms with Gasteiger partial charge in [0.05, 0.1) is 29.8 Å². The predicted octanol–water partition coefficient (Wildman–Crippen LogP) is 5.08. The van der Waals surface area contributed by atoms with Gasteiger partial charge in [-0.3, -0.25) is 14.8 Å². The van der Waals surface area contributed by atoms with E-state index in [1.165, 1.54) is 17.7 Å². The number of halogens is 1. The highest BCUT2D eigenvalue weighted by Crippen LogP contribution is 2.65. The van der Waals surface area contributed by atoms with Crippen molar-refractivity contribution in [1.82, 2.24) is 15.1 Å². The van der Waals surface area contributed by atoms with Crippen LogP contribution in [0.25, 0.3) is 23.1 Å². The summed E-state index contributed by atoms with van der Waals surface area (Å²) in [5, 5.41) is 11.6. The van der Waals surface area contributed by atoms with Crippen LogP contribution >= 0.6 is 0 Å². The van der Waals surface area contributed by atoms with Crippen molar-refractivity contribution in [3.05, 3.63) is 94.4 Å². The van der Waals surface area contributed by atoms with Crippen molar-refractivity contribution in [3.8, 4) is 0 Å². The molecule has 4 aromatic rings. The number of hydrogen-bond acceptors (Lipinski definition) is 4. The van der Waals surface area contributed by atoms with E-state index in [0.717, 1.165) is 71.8 Å². The Kier molecular flexibility index (Phi) is 5.23. The Labute approximate surface area is 214 Å². The van der Waals surface area contributed by atoms with E-state index in [9.17, 15) is 9.18 Å². The maximum Gasteiger partial charge on any atom is 0.235 e. The van der Waals surface area contributed by atoms with Crippen molar-refractivity contribution in [2.45, 2.75) is 24.3 Å². The number of morpholine rings is 1. The lowest BCUT2D eigenvalue weighted by atomic mass is 9.91. The van der Waals surface area contributed by atoms with Gasteiger partial charge < -0.3 is 10.1 Å². The minimum atomic E-state index is -0.665. The van der Waals surface area contributed by atoms with Gasteiger partial charge in [0.2, 0.25) is 5.91 Å². The van der Waals surface area contributed by atoms with Gasteiger partial charge in [0.1, 0.15) is 5.82 Å². The molecule has 0 bridgehead atoms. The second-order valence-electron chi connectivity index (χ2n) is 10.2. The SMILES string of the molecule is O=C1Nc2ccc(F)cc2C12C[C@H]2c1ccc2c(/C=C/c3ccc(CN4CCOCC4)cc3)n[nH]c2c1. The zero-order valence-electron chi connectivity index (χ0n) is 20.3. The molecule has 3 heterocycles. The Morgan fingerprint density at radius 3 is 2.73 bits per heavy atom. The van der Waals surface area contributed by atoms with Crippen LogP contribution in [0.15, 0.2) is 60.7 Å². The summed E-state index contributed by atoms with van der Waals surface area (Å²) in [5.41, 5.74) is 6.11. The highest BCUT2D eigenvalue weighted by atomic mass is 19.1. The maximum atomic E-state index is 13.9. The average Bonchev–Trinajstić information content (AvgIpc) is 3.47. The molecule has 37 heavy (non-hydrogen) atoms. The number of carbonyl (C=O) groups excluding carboxylic acids is 1. The van der Waals surface area contributed by atoms with Gasteiger partial charge in [-0.25, -0.2) is 4.39 Å². The standard InChI is InChI=1S/C30H27FN4O2/c31-22-7-10-27-24(16-22)30(29(36)32-27)17-25(30)21-6-8-23-26(33-34-28(23)15-21)9-5-19-1-3-20(4-2-19)18-35-11-13-37-14-12-35/h1-10,15-16,25H,11-14,17-18H2,(H,32,36)(H,33,34)/b9-5+/t25-,30?/m0/s1. The van der Waals surface area contributed by atoms with E-state index in [1.807, 2.05) is 6.08 Å². The number of benzene rings is 3. The summed E-state index contributed by atoms with van der Waals surface area (Å²) >= 11 is 0. The topological polar surface area (TPSA) is 70.2 Å². The zero-order valence-corrected chi connectivity index (χ0v) is 20.3. The second-order valence-corrected chi connectivity index (χ2v) is 10.2. The van der Waals surface area contributed by atoms with Crippen LogP contribution in [-0.2, 0) is 21.5 Å². The molecular formula is C30H27FN4O2. The summed E-state index contributed by atoms with van der Waals surface area (Å²) in [6.45, 7) is 4.53. The fourth-order valence-corrected chi connectivity index (χ4v) is 5.89. The van der Waals surface area contributed by atoms with Crippen LogP contribution < -0.4 is 5.32 Å². The molecule has 1 aromatic heterocycles. The molecule has 1 saturated carbocycles. The van der Waals surface area contributed by atoms with Crippen LogP contribution in [0, 0.1) is 5.82 Å². The van der Waals surface area contributed by atoms with Crippen molar-refractivity contribution in [1.29, 1.82) is 0 Å². The normalized spacial score (nSPS) is 23.2. The molecule has 7 rings (SSSR count). The number of carbonyl (C=O) groups is 1. The number of ether oxygens (including phenoxy) is 1. The molecule has 7 heteroatoms. The fourth-order valence-electron chi connectivity index (χ4n) is 5.89. The van der Waals surface area contributed by atoms with Gasteiger partial charge in [-0.2, -0.15) is 5.10 Å². The Hall–Kier alpha value is -3.81. The molecule has 6 nitrogen and oxygen atoms in total. The number of fused-ring (bicyclic) bond motifs is 3. The van der Waals surface area contributed by atoms with Crippen LogP contribution in [0.2, 0.25) is 0 Å². The van der Waals surface area contributed by atoms with Crippen LogP contribution in [-0.4, -0.2) is 47.3 Å². The first-order valence-corrected chi connectivity index (χ1v) is 12.8. The van der Waals surface area contributed by atoms with E-state index >= 15 is 0 Å². The molecule has 1 spiro atoms. The molecule has 186 valence electrons. The van der Waals surface area contributed by atoms with Gasteiger partial charge in [-0.15, -0.1) is 0 Å². The molecule has 3 aromatic carbocycles. The van der Waals surface area contributed by atoms with Gasteiger partial charge in [-0.05, 0) is 59.0 Å². The predicted molar refractivity (Wildman–Crippen MR) is 142 cm³/mol. The largest absolute Gasteiger partial charge is 0.379 e. The van der Waals surface area contributed by atoms with Crippen molar-refractivity contribution in [3.63, 3.8) is 0 Å². The van der Waals surface area contributed by atoms with Gasteiger partial charge in [0, 0.05) is 36.6 Å². The number of anilines is 1. The quantitative estimate of drug-likeness (QED) is 0.406. The van der Waals surface area contributed by atoms with Crippen LogP contribution in [0.3, 0.4) is 0 Å². The minimum Gasteiger partial charge on any atom is -0.379 e. The molecule has 2 atom stereocenters. The Morgan fingerprint density at radius 2 is 1.89 bits per heavy atom. The summed E-state index contributed by atoms with van der Waals surface area (Å²) < 4.78 is 19.4. The lowest BCUT2D eigenvalue weighted by molar-refractivity contribution is -0.118. The molecule has 1 unspecified atom stereocenters. The fraction of sp³-hybridized carbons (Fsp3) is 0.267. The number of nitrogens with zero attached hydrogens (tertiary/aromatic N) is 2. The van der Waals surface area contributed by atoms with E-state index in [1.54, 1.807) is 6.07 Å². The summed E-state index contributed by atoms with van der Waals surface area (Å²) in [4.78, 5) is 15.3. The third-order valence-electron chi connectivity index (χ3n) is 8.02. The molecule has 1 aliphatic carbocycles. The number of rotatable bonds is 5. The zero-order chi connectivity index (χ0) is 25.0. The Morgan fingerprint density at radius 1 is 1.05 bits per heavy atom. The molecule has 1 saturated heterocycles. The van der Waals surface area contributed by atoms with E-state index < -0.39 is 5.41 Å². The van der Waals surface area contributed by atoms with E-state index in [4.69, 9.17) is 4.74 Å². The molecule has 0 radical (unpaired) electrons. The summed E-state index contributed by atoms with van der Waals surface area (Å²) in [6, 6.07) is 19.4. The van der Waals surface area contributed by atoms with Crippen LogP contribution in [0.4, 0.5) is 10.1 Å². The van der Waals surface area contributed by atoms with Crippen LogP contribution in [0.1, 0.15) is 40.3 Å². The lowest BCUT2D eigenvalue weighted by Crippen LogP contribution is -2.35. The van der Waals surface area contributed by atoms with Crippen molar-refractivity contribution in [2.24, 2.45) is 0 Å². The highest BCUT2D eigenvalue weighted by molar-refractivity contribution is 6.10. The van der Waals surface area contributed by atoms with Crippen molar-refractivity contribution in [2.75, 3.05) is 31.6 Å². The van der Waals surface area contributed by atoms with Gasteiger partial charge >= 0.3 is 0 Å². The number of aromatic amines is 1. The Balaban J connectivity index is 1.08. The molecule has 3 aliphatic rings. The van der Waals surface area contributed by atoms with Gasteiger partial charge in [-0.1, -0.05) is 42.5 Å². The van der Waals surface area contributed by atoms with E-state index in [2.05, 4.69) is 69.0 Å². The minimum absolute atomic E-state index is 0.0261. The van der Waals surface area contributed by atoms with E-state index in [0.29, 0.717) is 6.42 Å². The van der Waals surface area contributed by atoms with Gasteiger partial charge in [0.25, 0.3) is 0 Å². The molecular weight excluding hydrogens is 467 g/mol. The number of aromatic nitrogens is 2. The van der Waals surface area contributed by atoms with E-state index in [-0.39, 0.29) is 17.6 Å². The number of H-pyrrole nitrogens is 1. The first-order chi connectivity index (χ1) is 18.1. The first-order valence-electron chi connectivity index (χ1n) is 12.8. The number of nitrogens with one attached hydrogen (secondary N) is 2. The maximum absolute atomic E-state index is 13.9. The van der Waals surface area contributed by atoms with Gasteiger partial charge in [0.15, 0.2) is 0 Å². The lowest BCUT2D eigenvalue weighted by Gasteiger charge is -2.26. The highest BCUT2D eigenvalue weighted by Gasteiger charge is 2.65. The van der Waals surface area contributed by atoms with Crippen molar-refractivity contribution >= 4 is 34.6 Å². The summed E-state index contributed by atoms with van der Waals surface area (Å²) in [7, 11) is 0.